The van der Waals surface area contributed by atoms with Crippen molar-refractivity contribution in [1.29, 1.82) is 0 Å². The first-order chi connectivity index (χ1) is 9.29. The number of rotatable bonds is 9. The number of nitrogens with zero attached hydrogens (tertiary/aromatic N) is 1. The highest BCUT2D eigenvalue weighted by Gasteiger charge is 2.09. The molecule has 4 heteroatoms. The van der Waals surface area contributed by atoms with Gasteiger partial charge in [-0.15, -0.1) is 0 Å². The third kappa shape index (κ3) is 5.55. The van der Waals surface area contributed by atoms with Crippen molar-refractivity contribution in [3.05, 3.63) is 29.8 Å². The van der Waals surface area contributed by atoms with Crippen molar-refractivity contribution in [1.82, 2.24) is 5.43 Å². The highest BCUT2D eigenvalue weighted by Crippen LogP contribution is 2.18. The van der Waals surface area contributed by atoms with E-state index in [1.54, 1.807) is 13.1 Å². The summed E-state index contributed by atoms with van der Waals surface area (Å²) >= 11 is 0. The number of hydrogen-bond donors (Lipinski definition) is 1. The van der Waals surface area contributed by atoms with Gasteiger partial charge < -0.3 is 10.2 Å². The molecule has 0 bridgehead atoms. The summed E-state index contributed by atoms with van der Waals surface area (Å²) in [5.74, 6) is 0.477. The number of ether oxygens (including phenoxy) is 1. The van der Waals surface area contributed by atoms with Crippen LogP contribution in [0.3, 0.4) is 0 Å². The van der Waals surface area contributed by atoms with Gasteiger partial charge in [0, 0.05) is 7.05 Å². The van der Waals surface area contributed by atoms with Gasteiger partial charge in [0.1, 0.15) is 5.75 Å². The Morgan fingerprint density at radius 2 is 2.11 bits per heavy atom. The van der Waals surface area contributed by atoms with Crippen LogP contribution in [0.25, 0.3) is 0 Å². The smallest absolute Gasteiger partial charge is 0.209 e. The van der Waals surface area contributed by atoms with Crippen LogP contribution in [0.5, 0.6) is 5.75 Å². The normalized spacial score (nSPS) is 10.6. The maximum atomic E-state index is 11.9. The topological polar surface area (TPSA) is 50.7 Å². The summed E-state index contributed by atoms with van der Waals surface area (Å²) in [5, 5.41) is 3.73. The van der Waals surface area contributed by atoms with Gasteiger partial charge >= 0.3 is 0 Å². The molecule has 0 heterocycles. The fourth-order valence-corrected chi connectivity index (χ4v) is 1.70. The first kappa shape index (κ1) is 15.2. The zero-order valence-electron chi connectivity index (χ0n) is 11.7. The maximum Gasteiger partial charge on any atom is 0.209 e. The minimum absolute atomic E-state index is 0.154. The fraction of sp³-hybridized carbons (Fsp3) is 0.467. The molecule has 0 saturated carbocycles. The number of para-hydroxylation sites is 1. The molecule has 1 rings (SSSR count). The van der Waals surface area contributed by atoms with E-state index in [1.165, 1.54) is 19.1 Å². The monoisotopic (exact) mass is 262 g/mol. The Morgan fingerprint density at radius 3 is 2.84 bits per heavy atom. The molecule has 0 aliphatic carbocycles. The molecule has 1 N–H and O–H groups in total. The molecule has 0 saturated heterocycles. The Kier molecular flexibility index (Phi) is 7.32. The Bertz CT molecular complexity index is 416. The number of Topliss-reactive ketones (excluding diaryl/α,β-unsaturated/α-hetero) is 1. The van der Waals surface area contributed by atoms with Gasteiger partial charge in [-0.05, 0) is 18.6 Å². The van der Waals surface area contributed by atoms with Crippen LogP contribution in [-0.2, 0) is 0 Å². The minimum Gasteiger partial charge on any atom is -0.493 e. The van der Waals surface area contributed by atoms with E-state index in [0.29, 0.717) is 17.9 Å². The molecule has 1 aromatic carbocycles. The zero-order chi connectivity index (χ0) is 13.9. The lowest BCUT2D eigenvalue weighted by Gasteiger charge is -2.09. The van der Waals surface area contributed by atoms with Crippen LogP contribution in [0.1, 0.15) is 43.0 Å². The molecule has 104 valence electrons. The van der Waals surface area contributed by atoms with E-state index in [4.69, 9.17) is 4.74 Å². The minimum atomic E-state index is -0.154. The molecule has 0 radical (unpaired) electrons. The zero-order valence-corrected chi connectivity index (χ0v) is 11.7. The lowest BCUT2D eigenvalue weighted by Crippen LogP contribution is -2.08. The predicted molar refractivity (Wildman–Crippen MR) is 78.0 cm³/mol. The molecule has 19 heavy (non-hydrogen) atoms. The molecule has 4 nitrogen and oxygen atoms in total. The van der Waals surface area contributed by atoms with Crippen molar-refractivity contribution >= 4 is 12.0 Å². The molecule has 0 spiro atoms. The number of nitrogens with one attached hydrogen (secondary N) is 1. The summed E-state index contributed by atoms with van der Waals surface area (Å²) in [5.41, 5.74) is 3.11. The second-order valence-electron chi connectivity index (χ2n) is 4.25. The number of benzene rings is 1. The van der Waals surface area contributed by atoms with Crippen LogP contribution >= 0.6 is 0 Å². The van der Waals surface area contributed by atoms with Crippen LogP contribution in [0.15, 0.2) is 29.4 Å². The number of hydrogen-bond acceptors (Lipinski definition) is 4. The second kappa shape index (κ2) is 9.14. The summed E-state index contributed by atoms with van der Waals surface area (Å²) in [6.07, 6.45) is 5.86. The van der Waals surface area contributed by atoms with Gasteiger partial charge in [0.15, 0.2) is 0 Å². The number of carbonyl (C=O) groups is 1. The fourth-order valence-electron chi connectivity index (χ4n) is 1.70. The van der Waals surface area contributed by atoms with Crippen LogP contribution in [0.4, 0.5) is 0 Å². The van der Waals surface area contributed by atoms with Gasteiger partial charge in [0.2, 0.25) is 5.78 Å². The number of ketones is 1. The van der Waals surface area contributed by atoms with E-state index in [2.05, 4.69) is 17.5 Å². The highest BCUT2D eigenvalue weighted by atomic mass is 16.5. The first-order valence-electron chi connectivity index (χ1n) is 6.75. The number of carbonyl (C=O) groups excluding carboxylic acids is 1. The van der Waals surface area contributed by atoms with Crippen LogP contribution in [0.2, 0.25) is 0 Å². The van der Waals surface area contributed by atoms with E-state index < -0.39 is 0 Å². The van der Waals surface area contributed by atoms with E-state index in [0.717, 1.165) is 12.8 Å². The Morgan fingerprint density at radius 1 is 1.32 bits per heavy atom. The Labute approximate surface area is 114 Å². The maximum absolute atomic E-state index is 11.9. The van der Waals surface area contributed by atoms with Gasteiger partial charge in [0.05, 0.1) is 18.4 Å². The van der Waals surface area contributed by atoms with Gasteiger partial charge in [-0.1, -0.05) is 38.3 Å². The third-order valence-corrected chi connectivity index (χ3v) is 2.72. The Balaban J connectivity index is 2.57. The van der Waals surface area contributed by atoms with Gasteiger partial charge in [-0.25, -0.2) is 0 Å². The molecule has 0 atom stereocenters. The van der Waals surface area contributed by atoms with Crippen molar-refractivity contribution in [3.8, 4) is 5.75 Å². The largest absolute Gasteiger partial charge is 0.493 e. The van der Waals surface area contributed by atoms with Crippen molar-refractivity contribution in [2.24, 2.45) is 5.10 Å². The molecule has 0 aromatic heterocycles. The number of unbranched alkanes of at least 4 members (excludes halogenated alkanes) is 3. The van der Waals surface area contributed by atoms with Crippen molar-refractivity contribution in [2.75, 3.05) is 13.7 Å². The van der Waals surface area contributed by atoms with Crippen molar-refractivity contribution < 1.29 is 9.53 Å². The Hall–Kier alpha value is -1.84. The van der Waals surface area contributed by atoms with E-state index in [1.807, 2.05) is 18.2 Å². The SMILES string of the molecule is CCCCCCOc1ccccc1C(=O)/C=N/NC. The summed E-state index contributed by atoms with van der Waals surface area (Å²) in [4.78, 5) is 11.9. The highest BCUT2D eigenvalue weighted by molar-refractivity contribution is 6.36. The molecule has 0 fully saturated rings. The molecule has 0 unspecified atom stereocenters. The molecule has 0 aliphatic rings. The van der Waals surface area contributed by atoms with E-state index in [9.17, 15) is 4.79 Å². The summed E-state index contributed by atoms with van der Waals surface area (Å²) in [6, 6.07) is 7.27. The van der Waals surface area contributed by atoms with Gasteiger partial charge in [0.25, 0.3) is 0 Å². The average molecular weight is 262 g/mol. The molecule has 1 aromatic rings. The van der Waals surface area contributed by atoms with Crippen LogP contribution in [0, 0.1) is 0 Å². The molecule has 0 aliphatic heterocycles. The molecular formula is C15H22N2O2. The van der Waals surface area contributed by atoms with Crippen molar-refractivity contribution in [3.63, 3.8) is 0 Å². The first-order valence-corrected chi connectivity index (χ1v) is 6.75. The third-order valence-electron chi connectivity index (χ3n) is 2.72. The predicted octanol–water partition coefficient (Wildman–Crippen LogP) is 3.03. The lowest BCUT2D eigenvalue weighted by atomic mass is 10.1. The molecule has 0 amide bonds. The summed E-state index contributed by atoms with van der Waals surface area (Å²) in [6.45, 7) is 2.82. The summed E-state index contributed by atoms with van der Waals surface area (Å²) < 4.78 is 5.68. The van der Waals surface area contributed by atoms with E-state index >= 15 is 0 Å². The van der Waals surface area contributed by atoms with Gasteiger partial charge in [-0.3, -0.25) is 4.79 Å². The molecular weight excluding hydrogens is 240 g/mol. The number of hydrazone groups is 1. The average Bonchev–Trinajstić information content (AvgIpc) is 2.45. The second-order valence-corrected chi connectivity index (χ2v) is 4.25. The van der Waals surface area contributed by atoms with Crippen LogP contribution in [-0.4, -0.2) is 25.7 Å². The van der Waals surface area contributed by atoms with Gasteiger partial charge in [-0.2, -0.15) is 5.10 Å². The van der Waals surface area contributed by atoms with E-state index in [-0.39, 0.29) is 5.78 Å². The lowest BCUT2D eigenvalue weighted by molar-refractivity contribution is 0.106. The quantitative estimate of drug-likeness (QED) is 0.322. The van der Waals surface area contributed by atoms with Crippen molar-refractivity contribution in [2.45, 2.75) is 32.6 Å². The standard InChI is InChI=1S/C15H22N2O2/c1-3-4-5-8-11-19-15-10-7-6-9-13(15)14(18)12-17-16-2/h6-7,9-10,12,16H,3-5,8,11H2,1-2H3/b17-12+. The summed E-state index contributed by atoms with van der Waals surface area (Å²) in [7, 11) is 1.65. The van der Waals surface area contributed by atoms with Crippen LogP contribution < -0.4 is 10.2 Å².